The zero-order chi connectivity index (χ0) is 20.1. The van der Waals surface area contributed by atoms with E-state index in [1.807, 2.05) is 6.92 Å². The molecule has 0 aromatic heterocycles. The predicted octanol–water partition coefficient (Wildman–Crippen LogP) is 3.61. The first-order chi connectivity index (χ1) is 13.5. The topological polar surface area (TPSA) is 67.9 Å². The Bertz CT molecular complexity index is 926. The minimum Gasteiger partial charge on any atom is -0.497 e. The van der Waals surface area contributed by atoms with Gasteiger partial charge in [-0.05, 0) is 43.3 Å². The molecular weight excluding hydrogens is 380 g/mol. The third-order valence-corrected chi connectivity index (χ3v) is 4.55. The van der Waals surface area contributed by atoms with Gasteiger partial charge in [0.25, 0.3) is 5.91 Å². The number of ether oxygens (including phenoxy) is 2. The van der Waals surface area contributed by atoms with Gasteiger partial charge >= 0.3 is 0 Å². The number of rotatable bonds is 6. The van der Waals surface area contributed by atoms with Crippen LogP contribution in [0.25, 0.3) is 6.08 Å². The van der Waals surface area contributed by atoms with E-state index in [1.165, 1.54) is 4.90 Å². The van der Waals surface area contributed by atoms with E-state index >= 15 is 0 Å². The zero-order valence-electron chi connectivity index (χ0n) is 15.7. The molecule has 1 heterocycles. The first-order valence-electron chi connectivity index (χ1n) is 8.86. The van der Waals surface area contributed by atoms with Crippen LogP contribution in [0.2, 0.25) is 5.02 Å². The molecule has 2 aromatic rings. The lowest BCUT2D eigenvalue weighted by Crippen LogP contribution is -2.39. The fourth-order valence-electron chi connectivity index (χ4n) is 2.88. The molecule has 3 rings (SSSR count). The molecule has 7 heteroatoms. The predicted molar refractivity (Wildman–Crippen MR) is 109 cm³/mol. The van der Waals surface area contributed by atoms with Crippen LogP contribution in [-0.2, 0) is 9.59 Å². The smallest absolute Gasteiger partial charge is 0.253 e. The maximum absolute atomic E-state index is 12.9. The third kappa shape index (κ3) is 4.64. The second kappa shape index (κ2) is 8.80. The van der Waals surface area contributed by atoms with E-state index in [1.54, 1.807) is 55.7 Å². The number of amides is 2. The average Bonchev–Trinajstić information content (AvgIpc) is 2.71. The molecule has 0 bridgehead atoms. The van der Waals surface area contributed by atoms with Gasteiger partial charge in [-0.15, -0.1) is 0 Å². The number of carbonyl (C=O) groups is 2. The largest absolute Gasteiger partial charge is 0.497 e. The highest BCUT2D eigenvalue weighted by Gasteiger charge is 2.23. The normalized spacial score (nSPS) is 12.3. The van der Waals surface area contributed by atoms with Crippen molar-refractivity contribution < 1.29 is 19.1 Å². The Labute approximate surface area is 168 Å². The molecule has 0 fully saturated rings. The maximum atomic E-state index is 12.9. The Morgan fingerprint density at radius 1 is 1.25 bits per heavy atom. The highest BCUT2D eigenvalue weighted by atomic mass is 35.5. The Morgan fingerprint density at radius 2 is 2.07 bits per heavy atom. The van der Waals surface area contributed by atoms with Crippen LogP contribution in [0.4, 0.5) is 5.69 Å². The van der Waals surface area contributed by atoms with Gasteiger partial charge in [0, 0.05) is 28.9 Å². The summed E-state index contributed by atoms with van der Waals surface area (Å²) < 4.78 is 10.8. The lowest BCUT2D eigenvalue weighted by molar-refractivity contribution is -0.131. The van der Waals surface area contributed by atoms with Gasteiger partial charge in [-0.3, -0.25) is 9.59 Å². The number of methoxy groups -OCH3 is 1. The average molecular weight is 401 g/mol. The second-order valence-electron chi connectivity index (χ2n) is 6.24. The molecule has 28 heavy (non-hydrogen) atoms. The molecule has 2 aromatic carbocycles. The van der Waals surface area contributed by atoms with Gasteiger partial charge in [-0.2, -0.15) is 0 Å². The van der Waals surface area contributed by atoms with Gasteiger partial charge in [0.05, 0.1) is 12.7 Å². The summed E-state index contributed by atoms with van der Waals surface area (Å²) in [5, 5.41) is 3.35. The van der Waals surface area contributed by atoms with Crippen molar-refractivity contribution in [3.8, 4) is 11.5 Å². The third-order valence-electron chi connectivity index (χ3n) is 4.32. The fraction of sp³-hybridized carbons (Fsp3) is 0.238. The minimum absolute atomic E-state index is 0.0632. The molecule has 1 N–H and O–H groups in total. The fourth-order valence-corrected chi connectivity index (χ4v) is 3.06. The van der Waals surface area contributed by atoms with Gasteiger partial charge in [-0.1, -0.05) is 17.7 Å². The summed E-state index contributed by atoms with van der Waals surface area (Å²) in [6, 6.07) is 12.3. The summed E-state index contributed by atoms with van der Waals surface area (Å²) in [6.07, 6.45) is 1.76. The summed E-state index contributed by atoms with van der Waals surface area (Å²) in [6.45, 7) is 2.31. The number of nitrogens with zero attached hydrogens (tertiary/aromatic N) is 1. The Hall–Kier alpha value is -2.99. The molecule has 0 aliphatic carbocycles. The van der Waals surface area contributed by atoms with Gasteiger partial charge in [0.15, 0.2) is 0 Å². The van der Waals surface area contributed by atoms with E-state index in [9.17, 15) is 9.59 Å². The molecule has 0 saturated carbocycles. The highest BCUT2D eigenvalue weighted by molar-refractivity contribution is 6.30. The summed E-state index contributed by atoms with van der Waals surface area (Å²) in [4.78, 5) is 26.7. The van der Waals surface area contributed by atoms with Crippen LogP contribution >= 0.6 is 11.6 Å². The number of likely N-dealkylation sites (N-methyl/N-ethyl adjacent to an activating group) is 1. The van der Waals surface area contributed by atoms with E-state index < -0.39 is 0 Å². The molecule has 146 valence electrons. The first kappa shape index (κ1) is 19.8. The van der Waals surface area contributed by atoms with Crippen LogP contribution in [0.1, 0.15) is 12.5 Å². The Kier molecular flexibility index (Phi) is 6.21. The number of hydrogen-bond acceptors (Lipinski definition) is 4. The molecule has 0 radical (unpaired) electrons. The van der Waals surface area contributed by atoms with Crippen molar-refractivity contribution in [2.75, 3.05) is 32.1 Å². The molecule has 0 atom stereocenters. The number of benzene rings is 2. The van der Waals surface area contributed by atoms with Gasteiger partial charge in [0.1, 0.15) is 24.7 Å². The monoisotopic (exact) mass is 400 g/mol. The van der Waals surface area contributed by atoms with E-state index in [0.717, 1.165) is 5.56 Å². The number of anilines is 1. The molecule has 1 aliphatic heterocycles. The summed E-state index contributed by atoms with van der Waals surface area (Å²) in [7, 11) is 1.56. The van der Waals surface area contributed by atoms with Crippen molar-refractivity contribution in [1.29, 1.82) is 0 Å². The van der Waals surface area contributed by atoms with Gasteiger partial charge in [0.2, 0.25) is 5.91 Å². The zero-order valence-corrected chi connectivity index (χ0v) is 16.5. The molecule has 0 saturated heterocycles. The van der Waals surface area contributed by atoms with Crippen LogP contribution in [-0.4, -0.2) is 43.5 Å². The van der Waals surface area contributed by atoms with Crippen LogP contribution in [0.3, 0.4) is 0 Å². The Balaban J connectivity index is 1.69. The van der Waals surface area contributed by atoms with Crippen LogP contribution in [0.15, 0.2) is 48.0 Å². The summed E-state index contributed by atoms with van der Waals surface area (Å²) >= 11 is 6.02. The summed E-state index contributed by atoms with van der Waals surface area (Å²) in [5.74, 6) is 0.793. The van der Waals surface area contributed by atoms with Crippen molar-refractivity contribution in [1.82, 2.24) is 4.90 Å². The van der Waals surface area contributed by atoms with Crippen LogP contribution < -0.4 is 14.8 Å². The van der Waals surface area contributed by atoms with Crippen molar-refractivity contribution in [3.05, 3.63) is 58.6 Å². The summed E-state index contributed by atoms with van der Waals surface area (Å²) in [5.41, 5.74) is 1.83. The second-order valence-corrected chi connectivity index (χ2v) is 6.68. The first-order valence-corrected chi connectivity index (χ1v) is 9.24. The van der Waals surface area contributed by atoms with Crippen molar-refractivity contribution >= 4 is 35.2 Å². The quantitative estimate of drug-likeness (QED) is 0.804. The van der Waals surface area contributed by atoms with Crippen LogP contribution in [0, 0.1) is 0 Å². The maximum Gasteiger partial charge on any atom is 0.253 e. The SMILES string of the molecule is CCN(CC(=O)Nc1cccc(OC)c1)C(=O)C1=Cc2cc(Cl)ccc2OC1. The number of carbonyl (C=O) groups excluding carboxylic acids is 2. The number of halogens is 1. The lowest BCUT2D eigenvalue weighted by Gasteiger charge is -2.24. The van der Waals surface area contributed by atoms with Crippen molar-refractivity contribution in [2.24, 2.45) is 0 Å². The van der Waals surface area contributed by atoms with E-state index in [-0.39, 0.29) is 25.0 Å². The molecular formula is C21H21ClN2O4. The molecule has 2 amide bonds. The van der Waals surface area contributed by atoms with Crippen molar-refractivity contribution in [2.45, 2.75) is 6.92 Å². The van der Waals surface area contributed by atoms with E-state index in [0.29, 0.717) is 34.3 Å². The van der Waals surface area contributed by atoms with E-state index in [2.05, 4.69) is 5.32 Å². The molecule has 1 aliphatic rings. The molecule has 0 spiro atoms. The number of fused-ring (bicyclic) bond motifs is 1. The molecule has 0 unspecified atom stereocenters. The van der Waals surface area contributed by atoms with Crippen molar-refractivity contribution in [3.63, 3.8) is 0 Å². The van der Waals surface area contributed by atoms with E-state index in [4.69, 9.17) is 21.1 Å². The van der Waals surface area contributed by atoms with Crippen LogP contribution in [0.5, 0.6) is 11.5 Å². The number of hydrogen-bond donors (Lipinski definition) is 1. The van der Waals surface area contributed by atoms with Gasteiger partial charge < -0.3 is 19.7 Å². The highest BCUT2D eigenvalue weighted by Crippen LogP contribution is 2.29. The Morgan fingerprint density at radius 3 is 2.82 bits per heavy atom. The minimum atomic E-state index is -0.288. The standard InChI is InChI=1S/C21H21ClN2O4/c1-3-24(12-20(25)23-17-5-4-6-18(11-17)27-2)21(26)15-9-14-10-16(22)7-8-19(14)28-13-15/h4-11H,3,12-13H2,1-2H3,(H,23,25). The molecule has 6 nitrogen and oxygen atoms in total. The lowest BCUT2D eigenvalue weighted by atomic mass is 10.1. The van der Waals surface area contributed by atoms with Gasteiger partial charge in [-0.25, -0.2) is 0 Å². The number of nitrogens with one attached hydrogen (secondary N) is 1.